The Labute approximate surface area is 160 Å². The number of rotatable bonds is 2. The molecular weight excluding hydrogens is 362 g/mol. The van der Waals surface area contributed by atoms with Gasteiger partial charge in [-0.2, -0.15) is 0 Å². The summed E-state index contributed by atoms with van der Waals surface area (Å²) in [5, 5.41) is 30.9. The fourth-order valence-corrected chi connectivity index (χ4v) is 3.82. The number of phenolic OH excluding ortho intramolecular Hbond substituents is 3. The summed E-state index contributed by atoms with van der Waals surface area (Å²) in [4.78, 5) is 0. The average Bonchev–Trinajstić information content (AvgIpc) is 2.88. The molecule has 0 unspecified atom stereocenters. The van der Waals surface area contributed by atoms with Crippen molar-refractivity contribution in [3.63, 3.8) is 0 Å². The van der Waals surface area contributed by atoms with Gasteiger partial charge in [-0.25, -0.2) is 8.78 Å². The molecule has 5 heteroatoms. The van der Waals surface area contributed by atoms with E-state index in [1.165, 1.54) is 30.3 Å². The summed E-state index contributed by atoms with van der Waals surface area (Å²) in [7, 11) is 0. The van der Waals surface area contributed by atoms with Crippen LogP contribution in [0.25, 0.3) is 11.1 Å². The fraction of sp³-hybridized carbons (Fsp3) is 0.130. The Morgan fingerprint density at radius 1 is 0.714 bits per heavy atom. The summed E-state index contributed by atoms with van der Waals surface area (Å²) in [6, 6.07) is 13.1. The van der Waals surface area contributed by atoms with E-state index >= 15 is 0 Å². The second kappa shape index (κ2) is 7.00. The zero-order valence-corrected chi connectivity index (χ0v) is 14.9. The molecule has 0 spiro atoms. The Morgan fingerprint density at radius 2 is 1.46 bits per heavy atom. The van der Waals surface area contributed by atoms with Crippen LogP contribution in [0.2, 0.25) is 0 Å². The second-order valence-corrected chi connectivity index (χ2v) is 6.81. The van der Waals surface area contributed by atoms with E-state index in [0.29, 0.717) is 52.7 Å². The van der Waals surface area contributed by atoms with Crippen LogP contribution in [-0.2, 0) is 6.42 Å². The van der Waals surface area contributed by atoms with Crippen molar-refractivity contribution in [3.05, 3.63) is 88.5 Å². The lowest BCUT2D eigenvalue weighted by Crippen LogP contribution is -1.99. The van der Waals surface area contributed by atoms with E-state index in [4.69, 9.17) is 0 Å². The first-order valence-electron chi connectivity index (χ1n) is 8.98. The van der Waals surface area contributed by atoms with Crippen molar-refractivity contribution in [1.82, 2.24) is 0 Å². The molecule has 0 saturated heterocycles. The lowest BCUT2D eigenvalue weighted by Gasteiger charge is -2.19. The van der Waals surface area contributed by atoms with E-state index in [0.717, 1.165) is 6.07 Å². The molecule has 0 amide bonds. The predicted molar refractivity (Wildman–Crippen MR) is 103 cm³/mol. The molecule has 0 aromatic heterocycles. The Balaban J connectivity index is 2.11. The van der Waals surface area contributed by atoms with Crippen molar-refractivity contribution in [2.24, 2.45) is 0 Å². The molecule has 0 atom stereocenters. The van der Waals surface area contributed by atoms with Gasteiger partial charge in [0.25, 0.3) is 0 Å². The van der Waals surface area contributed by atoms with Crippen LogP contribution in [0.5, 0.6) is 17.2 Å². The zero-order valence-electron chi connectivity index (χ0n) is 14.9. The van der Waals surface area contributed by atoms with E-state index in [2.05, 4.69) is 0 Å². The monoisotopic (exact) mass is 380 g/mol. The molecule has 28 heavy (non-hydrogen) atoms. The number of allylic oxidation sites excluding steroid dienone is 1. The van der Waals surface area contributed by atoms with Crippen molar-refractivity contribution >= 4 is 11.1 Å². The van der Waals surface area contributed by atoms with Crippen molar-refractivity contribution < 1.29 is 24.1 Å². The number of hydrogen-bond donors (Lipinski definition) is 3. The molecule has 1 aliphatic rings. The minimum atomic E-state index is -0.739. The summed E-state index contributed by atoms with van der Waals surface area (Å²) >= 11 is 0. The van der Waals surface area contributed by atoms with Gasteiger partial charge in [0.15, 0.2) is 11.6 Å². The summed E-state index contributed by atoms with van der Waals surface area (Å²) in [6.45, 7) is 0. The van der Waals surface area contributed by atoms with Gasteiger partial charge in [0.1, 0.15) is 17.3 Å². The number of hydrogen-bond acceptors (Lipinski definition) is 3. The quantitative estimate of drug-likeness (QED) is 0.560. The molecule has 3 aromatic rings. The average molecular weight is 380 g/mol. The Bertz CT molecular complexity index is 1100. The third-order valence-electron chi connectivity index (χ3n) is 5.11. The van der Waals surface area contributed by atoms with E-state index in [9.17, 15) is 24.1 Å². The Hall–Kier alpha value is -3.34. The predicted octanol–water partition coefficient (Wildman–Crippen LogP) is 5.38. The van der Waals surface area contributed by atoms with Gasteiger partial charge in [-0.05, 0) is 66.3 Å². The highest BCUT2D eigenvalue weighted by atomic mass is 19.1. The lowest BCUT2D eigenvalue weighted by atomic mass is 9.86. The Kier molecular flexibility index (Phi) is 4.51. The maximum atomic E-state index is 14.6. The van der Waals surface area contributed by atoms with Gasteiger partial charge >= 0.3 is 0 Å². The van der Waals surface area contributed by atoms with Crippen LogP contribution in [0.1, 0.15) is 35.1 Å². The molecule has 3 N–H and O–H groups in total. The second-order valence-electron chi connectivity index (χ2n) is 6.81. The first-order valence-corrected chi connectivity index (χ1v) is 8.98. The summed E-state index contributed by atoms with van der Waals surface area (Å²) in [5.41, 5.74) is 2.85. The van der Waals surface area contributed by atoms with Gasteiger partial charge in [-0.1, -0.05) is 24.3 Å². The van der Waals surface area contributed by atoms with Crippen molar-refractivity contribution in [3.8, 4) is 17.2 Å². The van der Waals surface area contributed by atoms with Crippen molar-refractivity contribution in [2.45, 2.75) is 19.3 Å². The molecule has 0 radical (unpaired) electrons. The molecule has 0 bridgehead atoms. The molecule has 3 aromatic carbocycles. The lowest BCUT2D eigenvalue weighted by molar-refractivity contribution is 0.432. The highest BCUT2D eigenvalue weighted by Crippen LogP contribution is 2.46. The van der Waals surface area contributed by atoms with Crippen LogP contribution in [-0.4, -0.2) is 15.3 Å². The normalized spacial score (nSPS) is 13.9. The third kappa shape index (κ3) is 2.99. The summed E-state index contributed by atoms with van der Waals surface area (Å²) in [6.07, 6.45) is 1.50. The van der Waals surface area contributed by atoms with E-state index < -0.39 is 17.4 Å². The molecule has 0 heterocycles. The van der Waals surface area contributed by atoms with Crippen LogP contribution in [0.4, 0.5) is 8.78 Å². The van der Waals surface area contributed by atoms with Crippen LogP contribution in [0.3, 0.4) is 0 Å². The standard InChI is InChI=1S/C23H18F2O3/c24-17-10-11-20(27)23-15(17)6-3-5-14(13-8-9-18(25)21(28)12-13)22(23)16-4-1-2-7-19(16)26/h1-2,4,7-12,26-28H,3,5-6H2. The van der Waals surface area contributed by atoms with Gasteiger partial charge in [-0.3, -0.25) is 0 Å². The molecule has 0 aliphatic heterocycles. The summed E-state index contributed by atoms with van der Waals surface area (Å²) < 4.78 is 28.2. The van der Waals surface area contributed by atoms with E-state index in [-0.39, 0.29) is 11.5 Å². The summed E-state index contributed by atoms with van der Waals surface area (Å²) in [5.74, 6) is -1.77. The first-order chi connectivity index (χ1) is 13.5. The molecule has 0 fully saturated rings. The molecule has 0 saturated carbocycles. The fourth-order valence-electron chi connectivity index (χ4n) is 3.82. The number of aromatic hydroxyl groups is 3. The van der Waals surface area contributed by atoms with Crippen LogP contribution >= 0.6 is 0 Å². The molecule has 142 valence electrons. The number of benzene rings is 3. The Morgan fingerprint density at radius 3 is 2.21 bits per heavy atom. The number of fused-ring (bicyclic) bond motifs is 1. The van der Waals surface area contributed by atoms with E-state index in [1.54, 1.807) is 18.2 Å². The maximum absolute atomic E-state index is 14.6. The van der Waals surface area contributed by atoms with E-state index in [1.807, 2.05) is 0 Å². The largest absolute Gasteiger partial charge is 0.507 e. The highest BCUT2D eigenvalue weighted by molar-refractivity contribution is 6.02. The first kappa shape index (κ1) is 18.0. The van der Waals surface area contributed by atoms with Gasteiger partial charge in [0.05, 0.1) is 0 Å². The number of halogens is 2. The molecule has 3 nitrogen and oxygen atoms in total. The van der Waals surface area contributed by atoms with Gasteiger partial charge in [0, 0.05) is 16.7 Å². The van der Waals surface area contributed by atoms with Crippen molar-refractivity contribution in [1.29, 1.82) is 0 Å². The number of para-hydroxylation sites is 1. The molecular formula is C23H18F2O3. The van der Waals surface area contributed by atoms with Crippen LogP contribution < -0.4 is 0 Å². The van der Waals surface area contributed by atoms with Crippen molar-refractivity contribution in [2.75, 3.05) is 0 Å². The number of phenols is 3. The molecule has 1 aliphatic carbocycles. The maximum Gasteiger partial charge on any atom is 0.164 e. The third-order valence-corrected chi connectivity index (χ3v) is 5.11. The molecule has 4 rings (SSSR count). The van der Waals surface area contributed by atoms with Gasteiger partial charge in [0.2, 0.25) is 0 Å². The smallest absolute Gasteiger partial charge is 0.164 e. The van der Waals surface area contributed by atoms with Crippen LogP contribution in [0, 0.1) is 11.6 Å². The van der Waals surface area contributed by atoms with Gasteiger partial charge in [-0.15, -0.1) is 0 Å². The highest BCUT2D eigenvalue weighted by Gasteiger charge is 2.26. The topological polar surface area (TPSA) is 60.7 Å². The SMILES string of the molecule is Oc1cc(C2=C(c3ccccc3O)c3c(O)ccc(F)c3CCC2)ccc1F. The minimum Gasteiger partial charge on any atom is -0.507 e. The zero-order chi connectivity index (χ0) is 19.8. The van der Waals surface area contributed by atoms with Gasteiger partial charge < -0.3 is 15.3 Å². The van der Waals surface area contributed by atoms with Crippen LogP contribution in [0.15, 0.2) is 54.6 Å². The minimum absolute atomic E-state index is 0.0159.